The van der Waals surface area contributed by atoms with E-state index in [0.717, 1.165) is 6.07 Å². The van der Waals surface area contributed by atoms with Crippen molar-refractivity contribution in [3.8, 4) is 5.75 Å². The average Bonchev–Trinajstić information content (AvgIpc) is 2.22. The molecule has 2 rings (SSSR count). The quantitative estimate of drug-likeness (QED) is 0.543. The predicted octanol–water partition coefficient (Wildman–Crippen LogP) is -0.893. The van der Waals surface area contributed by atoms with Crippen LogP contribution in [0.3, 0.4) is 0 Å². The summed E-state index contributed by atoms with van der Waals surface area (Å²) < 4.78 is 33.0. The van der Waals surface area contributed by atoms with Crippen LogP contribution in [0.2, 0.25) is 5.02 Å². The van der Waals surface area contributed by atoms with Crippen molar-refractivity contribution in [3.63, 3.8) is 0 Å². The maximum absolute atomic E-state index is 11.0. The van der Waals surface area contributed by atoms with Gasteiger partial charge in [-0.1, -0.05) is 23.7 Å². The van der Waals surface area contributed by atoms with Gasteiger partial charge in [-0.05, 0) is 18.2 Å². The third-order valence-electron chi connectivity index (χ3n) is 2.20. The van der Waals surface area contributed by atoms with E-state index < -0.39 is 15.0 Å². The summed E-state index contributed by atoms with van der Waals surface area (Å²) in [6.45, 7) is 0. The summed E-state index contributed by atoms with van der Waals surface area (Å²) in [4.78, 5) is -0.425. The zero-order chi connectivity index (χ0) is 11.9. The molecular formula is C10H6ClNaO4S. The number of fused-ring (bicyclic) bond motifs is 1. The zero-order valence-corrected chi connectivity index (χ0v) is 12.4. The third kappa shape index (κ3) is 2.76. The van der Waals surface area contributed by atoms with Gasteiger partial charge in [0.25, 0.3) is 0 Å². The molecule has 7 heteroatoms. The number of rotatable bonds is 1. The van der Waals surface area contributed by atoms with Gasteiger partial charge in [0.2, 0.25) is 0 Å². The fourth-order valence-electron chi connectivity index (χ4n) is 1.52. The molecule has 0 aromatic heterocycles. The van der Waals surface area contributed by atoms with E-state index in [1.54, 1.807) is 0 Å². The predicted molar refractivity (Wildman–Crippen MR) is 58.6 cm³/mol. The number of benzene rings is 2. The van der Waals surface area contributed by atoms with Crippen molar-refractivity contribution in [1.82, 2.24) is 0 Å². The number of aromatic hydroxyl groups is 1. The van der Waals surface area contributed by atoms with Gasteiger partial charge in [0.1, 0.15) is 15.9 Å². The molecule has 0 spiro atoms. The van der Waals surface area contributed by atoms with Gasteiger partial charge >= 0.3 is 29.6 Å². The van der Waals surface area contributed by atoms with E-state index >= 15 is 0 Å². The van der Waals surface area contributed by atoms with Gasteiger partial charge in [-0.25, -0.2) is 8.42 Å². The first-order chi connectivity index (χ1) is 7.41. The van der Waals surface area contributed by atoms with Gasteiger partial charge in [-0.3, -0.25) is 0 Å². The first-order valence-corrected chi connectivity index (χ1v) is 6.06. The largest absolute Gasteiger partial charge is 1.00 e. The Balaban J connectivity index is 0.00000144. The molecule has 1 N–H and O–H groups in total. The molecular weight excluding hydrogens is 275 g/mol. The van der Waals surface area contributed by atoms with Crippen LogP contribution in [0.1, 0.15) is 0 Å². The first-order valence-electron chi connectivity index (χ1n) is 4.27. The summed E-state index contributed by atoms with van der Waals surface area (Å²) in [6, 6.07) is 6.71. The van der Waals surface area contributed by atoms with Gasteiger partial charge in [0, 0.05) is 15.8 Å². The van der Waals surface area contributed by atoms with Crippen LogP contribution in [0.4, 0.5) is 0 Å². The topological polar surface area (TPSA) is 77.4 Å². The summed E-state index contributed by atoms with van der Waals surface area (Å²) >= 11 is 5.83. The molecule has 0 unspecified atom stereocenters. The molecule has 0 aliphatic rings. The van der Waals surface area contributed by atoms with E-state index in [0.29, 0.717) is 0 Å². The van der Waals surface area contributed by atoms with Gasteiger partial charge in [-0.2, -0.15) is 0 Å². The minimum atomic E-state index is -4.61. The molecule has 17 heavy (non-hydrogen) atoms. The molecule has 0 fully saturated rings. The molecule has 4 nitrogen and oxygen atoms in total. The van der Waals surface area contributed by atoms with Crippen LogP contribution in [0.25, 0.3) is 10.8 Å². The average molecular weight is 281 g/mol. The zero-order valence-electron chi connectivity index (χ0n) is 8.84. The molecule has 0 heterocycles. The Bertz CT molecular complexity index is 669. The van der Waals surface area contributed by atoms with Gasteiger partial charge < -0.3 is 9.66 Å². The number of hydrogen-bond donors (Lipinski definition) is 1. The summed E-state index contributed by atoms with van der Waals surface area (Å²) in [5.41, 5.74) is 0. The maximum Gasteiger partial charge on any atom is 1.00 e. The van der Waals surface area contributed by atoms with Crippen LogP contribution in [-0.2, 0) is 10.1 Å². The van der Waals surface area contributed by atoms with Gasteiger partial charge in [-0.15, -0.1) is 0 Å². The standard InChI is InChI=1S/C10H7ClO4S.Na/c11-7-4-5-8(12)6-2-1-3-9(10(6)7)16(13,14)15;/h1-5,12H,(H,13,14,15);/q;+1/p-1. The van der Waals surface area contributed by atoms with Crippen LogP contribution in [0.5, 0.6) is 5.75 Å². The Kier molecular flexibility index (Phi) is 4.46. The summed E-state index contributed by atoms with van der Waals surface area (Å²) in [7, 11) is -4.61. The number of halogens is 1. The molecule has 0 bridgehead atoms. The molecule has 0 saturated carbocycles. The van der Waals surface area contributed by atoms with E-state index in [2.05, 4.69) is 0 Å². The molecule has 0 aliphatic carbocycles. The number of phenols is 1. The SMILES string of the molecule is O=S(=O)([O-])c1cccc2c(O)ccc(Cl)c12.[Na+]. The van der Waals surface area contributed by atoms with Crippen molar-refractivity contribution >= 4 is 32.5 Å². The van der Waals surface area contributed by atoms with Crippen molar-refractivity contribution in [3.05, 3.63) is 35.4 Å². The molecule has 2 aromatic carbocycles. The van der Waals surface area contributed by atoms with Crippen molar-refractivity contribution in [2.45, 2.75) is 4.90 Å². The molecule has 0 amide bonds. The second-order valence-corrected chi connectivity index (χ2v) is 4.95. The second-order valence-electron chi connectivity index (χ2n) is 3.20. The molecule has 0 atom stereocenters. The summed E-state index contributed by atoms with van der Waals surface area (Å²) in [5.74, 6) is -0.120. The van der Waals surface area contributed by atoms with E-state index in [9.17, 15) is 18.1 Å². The summed E-state index contributed by atoms with van der Waals surface area (Å²) in [5, 5.41) is 9.94. The monoisotopic (exact) mass is 280 g/mol. The van der Waals surface area contributed by atoms with Crippen LogP contribution < -0.4 is 29.6 Å². The van der Waals surface area contributed by atoms with Crippen LogP contribution in [-0.4, -0.2) is 18.1 Å². The third-order valence-corrected chi connectivity index (χ3v) is 3.39. The van der Waals surface area contributed by atoms with Gasteiger partial charge in [0.05, 0.1) is 4.90 Å². The Hall–Kier alpha value is -0.300. The van der Waals surface area contributed by atoms with E-state index in [-0.39, 0.29) is 51.1 Å². The minimum Gasteiger partial charge on any atom is -0.744 e. The molecule has 84 valence electrons. The fourth-order valence-corrected chi connectivity index (χ4v) is 2.56. The molecule has 2 aromatic rings. The smallest absolute Gasteiger partial charge is 0.744 e. The van der Waals surface area contributed by atoms with Crippen molar-refractivity contribution < 1.29 is 47.6 Å². The van der Waals surface area contributed by atoms with Crippen LogP contribution >= 0.6 is 11.6 Å². The Morgan fingerprint density at radius 2 is 1.82 bits per heavy atom. The van der Waals surface area contributed by atoms with Crippen molar-refractivity contribution in [1.29, 1.82) is 0 Å². The molecule has 0 radical (unpaired) electrons. The number of hydrogen-bond acceptors (Lipinski definition) is 4. The normalized spacial score (nSPS) is 11.2. The van der Waals surface area contributed by atoms with Crippen molar-refractivity contribution in [2.24, 2.45) is 0 Å². The van der Waals surface area contributed by atoms with Crippen LogP contribution in [0, 0.1) is 0 Å². The first kappa shape index (κ1) is 14.8. The maximum atomic E-state index is 11.0. The number of phenolic OH excluding ortho intramolecular Hbond substituents is 1. The van der Waals surface area contributed by atoms with E-state index in [1.165, 1.54) is 24.3 Å². The van der Waals surface area contributed by atoms with Crippen molar-refractivity contribution in [2.75, 3.05) is 0 Å². The Morgan fingerprint density at radius 3 is 2.41 bits per heavy atom. The fraction of sp³-hybridized carbons (Fsp3) is 0. The minimum absolute atomic E-state index is 0. The molecule has 0 aliphatic heterocycles. The van der Waals surface area contributed by atoms with Crippen LogP contribution in [0.15, 0.2) is 35.2 Å². The van der Waals surface area contributed by atoms with E-state index in [4.69, 9.17) is 11.6 Å². The Morgan fingerprint density at radius 1 is 1.18 bits per heavy atom. The summed E-state index contributed by atoms with van der Waals surface area (Å²) in [6.07, 6.45) is 0. The van der Waals surface area contributed by atoms with E-state index in [1.807, 2.05) is 0 Å². The Labute approximate surface area is 125 Å². The second kappa shape index (κ2) is 5.14. The molecule has 0 saturated heterocycles. The van der Waals surface area contributed by atoms with Gasteiger partial charge in [0.15, 0.2) is 0 Å².